The lowest BCUT2D eigenvalue weighted by molar-refractivity contribution is 0.0752. The van der Waals surface area contributed by atoms with Crippen LogP contribution < -0.4 is 0 Å². The topological polar surface area (TPSA) is 75.3 Å². The highest BCUT2D eigenvalue weighted by Gasteiger charge is 2.32. The molecule has 1 aromatic heterocycles. The van der Waals surface area contributed by atoms with E-state index in [0.29, 0.717) is 37.5 Å². The molecule has 0 aliphatic carbocycles. The maximum atomic E-state index is 12.7. The van der Waals surface area contributed by atoms with E-state index in [0.717, 1.165) is 0 Å². The van der Waals surface area contributed by atoms with Crippen LogP contribution in [0.4, 0.5) is 0 Å². The van der Waals surface area contributed by atoms with Gasteiger partial charge in [-0.2, -0.15) is 9.40 Å². The number of aryl methyl sites for hydroxylation is 1. The number of nitrogens with zero attached hydrogens (tertiary/aromatic N) is 2. The van der Waals surface area contributed by atoms with E-state index in [-0.39, 0.29) is 16.9 Å². The first-order valence-electron chi connectivity index (χ1n) is 6.18. The molecule has 1 atom stereocenters. The first kappa shape index (κ1) is 14.8. The highest BCUT2D eigenvalue weighted by Crippen LogP contribution is 2.24. The van der Waals surface area contributed by atoms with Crippen molar-refractivity contribution < 1.29 is 13.2 Å². The van der Waals surface area contributed by atoms with Crippen LogP contribution in [0.15, 0.2) is 4.90 Å². The van der Waals surface area contributed by atoms with Crippen molar-refractivity contribution in [3.63, 3.8) is 0 Å². The Balaban J connectivity index is 2.38. The number of sulfonamides is 1. The second-order valence-corrected chi connectivity index (χ2v) is 6.80. The summed E-state index contributed by atoms with van der Waals surface area (Å²) in [4.78, 5) is 0.205. The molecular formula is C11H18ClN3O3S. The van der Waals surface area contributed by atoms with E-state index < -0.39 is 10.0 Å². The van der Waals surface area contributed by atoms with Crippen LogP contribution in [0.2, 0.25) is 0 Å². The Hall–Kier alpha value is -0.630. The molecule has 0 spiro atoms. The highest BCUT2D eigenvalue weighted by atomic mass is 35.5. The molecule has 2 rings (SSSR count). The van der Waals surface area contributed by atoms with Crippen LogP contribution in [0.1, 0.15) is 24.7 Å². The standard InChI is InChI=1S/C11H18ClN3O3S/c1-8-7-15(4-3-5-18-8)19(16,17)11-9(2)13-14-10(11)6-12/h8H,3-7H2,1-2H3,(H,13,14). The molecule has 1 unspecified atom stereocenters. The van der Waals surface area contributed by atoms with Gasteiger partial charge in [-0.05, 0) is 20.3 Å². The Morgan fingerprint density at radius 2 is 2.32 bits per heavy atom. The minimum atomic E-state index is -3.57. The van der Waals surface area contributed by atoms with Crippen molar-refractivity contribution in [3.8, 4) is 0 Å². The van der Waals surface area contributed by atoms with Crippen LogP contribution in [0, 0.1) is 6.92 Å². The van der Waals surface area contributed by atoms with Crippen molar-refractivity contribution in [2.24, 2.45) is 0 Å². The summed E-state index contributed by atoms with van der Waals surface area (Å²) in [5.74, 6) is 0.0683. The first-order valence-corrected chi connectivity index (χ1v) is 8.16. The minimum absolute atomic E-state index is 0.0683. The lowest BCUT2D eigenvalue weighted by Gasteiger charge is -2.21. The third-order valence-corrected chi connectivity index (χ3v) is 5.42. The number of nitrogens with one attached hydrogen (secondary N) is 1. The summed E-state index contributed by atoms with van der Waals surface area (Å²) in [6.07, 6.45) is 0.584. The monoisotopic (exact) mass is 307 g/mol. The molecule has 1 saturated heterocycles. The maximum Gasteiger partial charge on any atom is 0.246 e. The van der Waals surface area contributed by atoms with E-state index in [1.54, 1.807) is 6.92 Å². The lowest BCUT2D eigenvalue weighted by Crippen LogP contribution is -2.36. The van der Waals surface area contributed by atoms with E-state index in [4.69, 9.17) is 16.3 Å². The molecule has 0 saturated carbocycles. The summed E-state index contributed by atoms with van der Waals surface area (Å²) in [5.41, 5.74) is 0.894. The van der Waals surface area contributed by atoms with Crippen LogP contribution in [0.5, 0.6) is 0 Å². The number of H-pyrrole nitrogens is 1. The number of hydrogen-bond donors (Lipinski definition) is 1. The van der Waals surface area contributed by atoms with Crippen molar-refractivity contribution in [1.29, 1.82) is 0 Å². The Bertz CT molecular complexity index is 543. The normalized spacial score (nSPS) is 22.4. The zero-order valence-corrected chi connectivity index (χ0v) is 12.6. The maximum absolute atomic E-state index is 12.7. The molecule has 108 valence electrons. The van der Waals surface area contributed by atoms with Crippen molar-refractivity contribution in [2.45, 2.75) is 37.1 Å². The zero-order chi connectivity index (χ0) is 14.0. The van der Waals surface area contributed by atoms with E-state index in [9.17, 15) is 8.42 Å². The number of aromatic amines is 1. The van der Waals surface area contributed by atoms with E-state index in [2.05, 4.69) is 10.2 Å². The van der Waals surface area contributed by atoms with Crippen LogP contribution >= 0.6 is 11.6 Å². The fraction of sp³-hybridized carbons (Fsp3) is 0.727. The molecule has 1 aliphatic rings. The predicted molar refractivity (Wildman–Crippen MR) is 71.7 cm³/mol. The smallest absolute Gasteiger partial charge is 0.246 e. The molecule has 8 heteroatoms. The summed E-state index contributed by atoms with van der Waals surface area (Å²) >= 11 is 5.76. The second kappa shape index (κ2) is 5.78. The average molecular weight is 308 g/mol. The third-order valence-electron chi connectivity index (χ3n) is 3.10. The molecule has 0 amide bonds. The van der Waals surface area contributed by atoms with Gasteiger partial charge in [0, 0.05) is 19.7 Å². The molecule has 6 nitrogen and oxygen atoms in total. The highest BCUT2D eigenvalue weighted by molar-refractivity contribution is 7.89. The van der Waals surface area contributed by atoms with Crippen molar-refractivity contribution in [1.82, 2.24) is 14.5 Å². The van der Waals surface area contributed by atoms with Crippen LogP contribution in [-0.2, 0) is 20.6 Å². The predicted octanol–water partition coefficient (Wildman–Crippen LogP) is 1.26. The summed E-state index contributed by atoms with van der Waals surface area (Å²) in [7, 11) is -3.57. The SMILES string of the molecule is Cc1[nH]nc(CCl)c1S(=O)(=O)N1CCCOC(C)C1. The molecule has 19 heavy (non-hydrogen) atoms. The minimum Gasteiger partial charge on any atom is -0.377 e. The summed E-state index contributed by atoms with van der Waals surface area (Å²) in [6.45, 7) is 4.96. The molecule has 1 N–H and O–H groups in total. The van der Waals surface area contributed by atoms with Crippen LogP contribution in [0.25, 0.3) is 0 Å². The molecule has 1 aromatic rings. The van der Waals surface area contributed by atoms with Gasteiger partial charge in [-0.3, -0.25) is 5.10 Å². The number of rotatable bonds is 3. The number of ether oxygens (including phenoxy) is 1. The summed E-state index contributed by atoms with van der Waals surface area (Å²) < 4.78 is 32.3. The van der Waals surface area contributed by atoms with Gasteiger partial charge in [0.05, 0.1) is 23.4 Å². The van der Waals surface area contributed by atoms with Crippen molar-refractivity contribution >= 4 is 21.6 Å². The van der Waals surface area contributed by atoms with Gasteiger partial charge in [0.25, 0.3) is 0 Å². The van der Waals surface area contributed by atoms with E-state index >= 15 is 0 Å². The summed E-state index contributed by atoms with van der Waals surface area (Å²) in [6, 6.07) is 0. The van der Waals surface area contributed by atoms with Gasteiger partial charge in [0.15, 0.2) is 0 Å². The number of aromatic nitrogens is 2. The first-order chi connectivity index (χ1) is 8.96. The van der Waals surface area contributed by atoms with Gasteiger partial charge in [0.1, 0.15) is 4.90 Å². The number of halogens is 1. The number of hydrogen-bond acceptors (Lipinski definition) is 4. The molecule has 1 fully saturated rings. The Labute approximate surface area is 118 Å². The quantitative estimate of drug-likeness (QED) is 0.853. The molecule has 0 bridgehead atoms. The van der Waals surface area contributed by atoms with Gasteiger partial charge in [-0.25, -0.2) is 8.42 Å². The molecule has 1 aliphatic heterocycles. The molecule has 0 aromatic carbocycles. The van der Waals surface area contributed by atoms with Gasteiger partial charge in [0.2, 0.25) is 10.0 Å². The fourth-order valence-corrected chi connectivity index (χ4v) is 4.36. The Morgan fingerprint density at radius 3 is 3.00 bits per heavy atom. The third kappa shape index (κ3) is 2.94. The average Bonchev–Trinajstić information content (AvgIpc) is 2.59. The van der Waals surface area contributed by atoms with Crippen molar-refractivity contribution in [2.75, 3.05) is 19.7 Å². The van der Waals surface area contributed by atoms with Crippen LogP contribution in [-0.4, -0.2) is 48.7 Å². The largest absolute Gasteiger partial charge is 0.377 e. The fourth-order valence-electron chi connectivity index (χ4n) is 2.21. The van der Waals surface area contributed by atoms with E-state index in [1.165, 1.54) is 4.31 Å². The zero-order valence-electron chi connectivity index (χ0n) is 11.0. The lowest BCUT2D eigenvalue weighted by atomic mass is 10.4. The van der Waals surface area contributed by atoms with E-state index in [1.807, 2.05) is 6.92 Å². The van der Waals surface area contributed by atoms with Gasteiger partial charge >= 0.3 is 0 Å². The molecule has 2 heterocycles. The summed E-state index contributed by atoms with van der Waals surface area (Å²) in [5, 5.41) is 6.63. The second-order valence-electron chi connectivity index (χ2n) is 4.66. The van der Waals surface area contributed by atoms with Gasteiger partial charge in [-0.1, -0.05) is 0 Å². The van der Waals surface area contributed by atoms with Gasteiger partial charge in [-0.15, -0.1) is 11.6 Å². The Kier molecular flexibility index (Phi) is 4.50. The number of alkyl halides is 1. The Morgan fingerprint density at radius 1 is 1.58 bits per heavy atom. The molecule has 0 radical (unpaired) electrons. The van der Waals surface area contributed by atoms with Crippen LogP contribution in [0.3, 0.4) is 0 Å². The van der Waals surface area contributed by atoms with Crippen molar-refractivity contribution in [3.05, 3.63) is 11.4 Å². The van der Waals surface area contributed by atoms with Gasteiger partial charge < -0.3 is 4.74 Å². The molecular weight excluding hydrogens is 290 g/mol.